The molecule has 1 N–H and O–H groups in total. The quantitative estimate of drug-likeness (QED) is 0.430. The van der Waals surface area contributed by atoms with Crippen molar-refractivity contribution in [1.29, 1.82) is 0 Å². The van der Waals surface area contributed by atoms with E-state index in [0.29, 0.717) is 12.5 Å². The summed E-state index contributed by atoms with van der Waals surface area (Å²) in [4.78, 5) is 7.23. The van der Waals surface area contributed by atoms with Crippen LogP contribution in [0.1, 0.15) is 42.9 Å². The Hall–Kier alpha value is -2.41. The van der Waals surface area contributed by atoms with Gasteiger partial charge in [0.2, 0.25) is 0 Å². The molecule has 2 heterocycles. The second-order valence-electron chi connectivity index (χ2n) is 7.18. The molecule has 28 heavy (non-hydrogen) atoms. The second kappa shape index (κ2) is 10.2. The van der Waals surface area contributed by atoms with Gasteiger partial charge in [0.1, 0.15) is 12.4 Å². The Bertz CT molecular complexity index is 758. The van der Waals surface area contributed by atoms with Crippen LogP contribution >= 0.6 is 0 Å². The second-order valence-corrected chi connectivity index (χ2v) is 7.18. The van der Waals surface area contributed by atoms with Crippen molar-refractivity contribution >= 4 is 5.96 Å². The molecule has 0 bridgehead atoms. The largest absolute Gasteiger partial charge is 0.382 e. The Kier molecular flexibility index (Phi) is 7.42. The number of nitrogens with one attached hydrogen (secondary N) is 1. The number of benzene rings is 1. The third kappa shape index (κ3) is 5.32. The molecule has 2 aromatic rings. The van der Waals surface area contributed by atoms with Crippen molar-refractivity contribution in [3.8, 4) is 0 Å². The fourth-order valence-corrected chi connectivity index (χ4v) is 3.47. The molecule has 1 unspecified atom stereocenters. The number of likely N-dealkylation sites (tertiary alicyclic amines) is 1. The van der Waals surface area contributed by atoms with Crippen molar-refractivity contribution in [1.82, 2.24) is 25.0 Å². The van der Waals surface area contributed by atoms with E-state index in [0.717, 1.165) is 63.3 Å². The van der Waals surface area contributed by atoms with Crippen LogP contribution in [0.3, 0.4) is 0 Å². The van der Waals surface area contributed by atoms with Gasteiger partial charge >= 0.3 is 0 Å². The van der Waals surface area contributed by atoms with Crippen molar-refractivity contribution in [2.45, 2.75) is 39.2 Å². The van der Waals surface area contributed by atoms with Crippen LogP contribution in [0.2, 0.25) is 0 Å². The molecule has 1 saturated heterocycles. The number of guanidine groups is 1. The predicted molar refractivity (Wildman–Crippen MR) is 111 cm³/mol. The highest BCUT2D eigenvalue weighted by molar-refractivity contribution is 5.80. The lowest BCUT2D eigenvalue weighted by atomic mass is 9.99. The predicted octanol–water partition coefficient (Wildman–Crippen LogP) is 2.49. The first-order valence-corrected chi connectivity index (χ1v) is 10.2. The van der Waals surface area contributed by atoms with Crippen LogP contribution < -0.4 is 5.32 Å². The molecule has 0 radical (unpaired) electrons. The number of ether oxygens (including phenoxy) is 1. The summed E-state index contributed by atoms with van der Waals surface area (Å²) in [7, 11) is 1.98. The molecule has 1 fully saturated rings. The summed E-state index contributed by atoms with van der Waals surface area (Å²) in [5.74, 6) is 3.29. The smallest absolute Gasteiger partial charge is 0.194 e. The highest BCUT2D eigenvalue weighted by Crippen LogP contribution is 2.26. The minimum Gasteiger partial charge on any atom is -0.382 e. The molecule has 1 aliphatic heterocycles. The summed E-state index contributed by atoms with van der Waals surface area (Å²) in [5, 5.41) is 11.9. The van der Waals surface area contributed by atoms with Crippen LogP contribution in [0.5, 0.6) is 0 Å². The maximum atomic E-state index is 5.45. The van der Waals surface area contributed by atoms with Crippen LogP contribution in [0, 0.1) is 6.92 Å². The number of aryl methyl sites for hydroxylation is 1. The topological polar surface area (TPSA) is 67.6 Å². The van der Waals surface area contributed by atoms with Crippen molar-refractivity contribution < 1.29 is 4.74 Å². The monoisotopic (exact) mass is 384 g/mol. The Balaban J connectivity index is 1.65. The van der Waals surface area contributed by atoms with E-state index in [1.807, 2.05) is 25.5 Å². The zero-order valence-corrected chi connectivity index (χ0v) is 17.3. The van der Waals surface area contributed by atoms with Gasteiger partial charge in [0, 0.05) is 45.8 Å². The molecule has 0 aliphatic carbocycles. The van der Waals surface area contributed by atoms with E-state index in [9.17, 15) is 0 Å². The number of hydrogen-bond donors (Lipinski definition) is 1. The molecular weight excluding hydrogens is 352 g/mol. The van der Waals surface area contributed by atoms with E-state index >= 15 is 0 Å². The van der Waals surface area contributed by atoms with E-state index in [4.69, 9.17) is 9.73 Å². The number of aromatic nitrogens is 3. The molecule has 0 amide bonds. The van der Waals surface area contributed by atoms with Gasteiger partial charge < -0.3 is 19.5 Å². The van der Waals surface area contributed by atoms with Gasteiger partial charge in [-0.3, -0.25) is 0 Å². The van der Waals surface area contributed by atoms with Crippen LogP contribution in [0.15, 0.2) is 35.3 Å². The zero-order valence-electron chi connectivity index (χ0n) is 17.3. The Morgan fingerprint density at radius 3 is 2.82 bits per heavy atom. The van der Waals surface area contributed by atoms with Gasteiger partial charge in [-0.1, -0.05) is 30.3 Å². The molecule has 152 valence electrons. The zero-order chi connectivity index (χ0) is 19.8. The Morgan fingerprint density at radius 2 is 2.11 bits per heavy atom. The van der Waals surface area contributed by atoms with Crippen molar-refractivity contribution in [3.05, 3.63) is 47.5 Å². The van der Waals surface area contributed by atoms with Crippen molar-refractivity contribution in [3.63, 3.8) is 0 Å². The third-order valence-electron chi connectivity index (χ3n) is 5.26. The van der Waals surface area contributed by atoms with Crippen LogP contribution in [-0.2, 0) is 18.3 Å². The Morgan fingerprint density at radius 1 is 1.29 bits per heavy atom. The van der Waals surface area contributed by atoms with Crippen LogP contribution in [0.25, 0.3) is 0 Å². The third-order valence-corrected chi connectivity index (χ3v) is 5.26. The minimum atomic E-state index is 0.525. The van der Waals surface area contributed by atoms with Crippen molar-refractivity contribution in [2.24, 2.45) is 12.0 Å². The lowest BCUT2D eigenvalue weighted by Gasteiger charge is -2.22. The maximum Gasteiger partial charge on any atom is 0.194 e. The van der Waals surface area contributed by atoms with E-state index < -0.39 is 0 Å². The summed E-state index contributed by atoms with van der Waals surface area (Å²) in [6, 6.07) is 10.8. The van der Waals surface area contributed by atoms with Crippen LogP contribution in [-0.4, -0.2) is 58.5 Å². The summed E-state index contributed by atoms with van der Waals surface area (Å²) >= 11 is 0. The first-order valence-electron chi connectivity index (χ1n) is 10.2. The standard InChI is InChI=1S/C21H32N6O/c1-4-28-14-8-12-22-21(23-15-20-25-24-17(2)26(20)3)27-13-11-19(16-27)18-9-6-5-7-10-18/h5-7,9-10,19H,4,8,11-16H2,1-3H3,(H,22,23). The molecule has 1 aromatic heterocycles. The fourth-order valence-electron chi connectivity index (χ4n) is 3.47. The molecule has 7 nitrogen and oxygen atoms in total. The highest BCUT2D eigenvalue weighted by Gasteiger charge is 2.26. The van der Waals surface area contributed by atoms with Gasteiger partial charge in [0.05, 0.1) is 0 Å². The molecule has 1 atom stereocenters. The van der Waals surface area contributed by atoms with Gasteiger partial charge in [0.15, 0.2) is 11.8 Å². The van der Waals surface area contributed by atoms with Gasteiger partial charge in [-0.25, -0.2) is 4.99 Å². The minimum absolute atomic E-state index is 0.525. The number of rotatable bonds is 8. The average molecular weight is 385 g/mol. The normalized spacial score (nSPS) is 17.3. The molecule has 0 saturated carbocycles. The van der Waals surface area contributed by atoms with E-state index in [-0.39, 0.29) is 0 Å². The van der Waals surface area contributed by atoms with Crippen LogP contribution in [0.4, 0.5) is 0 Å². The highest BCUT2D eigenvalue weighted by atomic mass is 16.5. The molecule has 7 heteroatoms. The number of hydrogen-bond acceptors (Lipinski definition) is 4. The van der Waals surface area contributed by atoms with Gasteiger partial charge in [-0.15, -0.1) is 10.2 Å². The Labute approximate surface area is 167 Å². The number of nitrogens with zero attached hydrogens (tertiary/aromatic N) is 5. The maximum absolute atomic E-state index is 5.45. The summed E-state index contributed by atoms with van der Waals surface area (Å²) in [6.45, 7) is 8.88. The fraction of sp³-hybridized carbons (Fsp3) is 0.571. The molecule has 1 aliphatic rings. The van der Waals surface area contributed by atoms with Gasteiger partial charge in [-0.05, 0) is 32.3 Å². The number of aliphatic imine (C=N–C) groups is 1. The van der Waals surface area contributed by atoms with E-state index in [1.54, 1.807) is 0 Å². The lowest BCUT2D eigenvalue weighted by Crippen LogP contribution is -2.40. The SMILES string of the molecule is CCOCCCNC(=NCc1nnc(C)n1C)N1CCC(c2ccccc2)C1. The van der Waals surface area contributed by atoms with Gasteiger partial charge in [0.25, 0.3) is 0 Å². The van der Waals surface area contributed by atoms with E-state index in [1.165, 1.54) is 5.56 Å². The molecule has 1 aromatic carbocycles. The summed E-state index contributed by atoms with van der Waals surface area (Å²) in [5.41, 5.74) is 1.41. The lowest BCUT2D eigenvalue weighted by molar-refractivity contribution is 0.145. The average Bonchev–Trinajstić information content (AvgIpc) is 3.33. The molecule has 3 rings (SSSR count). The summed E-state index contributed by atoms with van der Waals surface area (Å²) < 4.78 is 7.44. The molecular formula is C21H32N6O. The molecule has 0 spiro atoms. The van der Waals surface area contributed by atoms with E-state index in [2.05, 4.69) is 50.7 Å². The summed E-state index contributed by atoms with van der Waals surface area (Å²) in [6.07, 6.45) is 2.11. The van der Waals surface area contributed by atoms with Gasteiger partial charge in [-0.2, -0.15) is 0 Å². The first kappa shape index (κ1) is 20.3. The van der Waals surface area contributed by atoms with Crippen molar-refractivity contribution in [2.75, 3.05) is 32.8 Å². The first-order chi connectivity index (χ1) is 13.7.